The summed E-state index contributed by atoms with van der Waals surface area (Å²) < 4.78 is 11.5. The first-order valence-electron chi connectivity index (χ1n) is 13.2. The number of H-pyrrole nitrogens is 1. The van der Waals surface area contributed by atoms with Gasteiger partial charge in [-0.3, -0.25) is 0 Å². The molecule has 1 N–H and O–H groups in total. The molecule has 0 radical (unpaired) electrons. The molecule has 2 heterocycles. The van der Waals surface area contributed by atoms with E-state index in [4.69, 9.17) is 9.47 Å². The lowest BCUT2D eigenvalue weighted by Gasteiger charge is -2.06. The summed E-state index contributed by atoms with van der Waals surface area (Å²) in [4.78, 5) is 1.61. The second-order valence-corrected chi connectivity index (χ2v) is 9.36. The van der Waals surface area contributed by atoms with E-state index in [1.807, 2.05) is 123 Å². The van der Waals surface area contributed by atoms with Gasteiger partial charge in [0, 0.05) is 11.1 Å². The molecule has 0 aliphatic heterocycles. The molecule has 10 nitrogen and oxygen atoms in total. The van der Waals surface area contributed by atoms with Crippen LogP contribution in [0.15, 0.2) is 109 Å². The summed E-state index contributed by atoms with van der Waals surface area (Å²) in [7, 11) is 0. The number of aromatic amines is 1. The molecule has 41 heavy (non-hydrogen) atoms. The number of nitrogens with zero attached hydrogens (tertiary/aromatic N) is 7. The highest BCUT2D eigenvalue weighted by Gasteiger charge is 2.08. The molecule has 0 atom stereocenters. The predicted octanol–water partition coefficient (Wildman–Crippen LogP) is 5.95. The Labute approximate surface area is 238 Å². The molecule has 0 aliphatic rings. The van der Waals surface area contributed by atoms with Crippen molar-refractivity contribution in [3.63, 3.8) is 0 Å². The molecule has 0 unspecified atom stereocenters. The van der Waals surface area contributed by atoms with Crippen molar-refractivity contribution in [1.29, 1.82) is 0 Å². The van der Waals surface area contributed by atoms with Gasteiger partial charge in [-0.2, -0.15) is 10.0 Å². The topological polar surface area (TPSA) is 117 Å². The van der Waals surface area contributed by atoms with Crippen LogP contribution in [-0.4, -0.2) is 40.8 Å². The van der Waals surface area contributed by atoms with Crippen LogP contribution in [0, 0.1) is 0 Å². The minimum atomic E-state index is 0.203. The van der Waals surface area contributed by atoms with Gasteiger partial charge < -0.3 is 9.47 Å². The Bertz CT molecular complexity index is 1590. The van der Waals surface area contributed by atoms with E-state index >= 15 is 0 Å². The molecule has 0 amide bonds. The Hall–Kier alpha value is -5.38. The fourth-order valence-corrected chi connectivity index (χ4v) is 3.73. The Kier molecular flexibility index (Phi) is 9.03. The van der Waals surface area contributed by atoms with E-state index in [1.54, 1.807) is 4.80 Å². The van der Waals surface area contributed by atoms with Crippen molar-refractivity contribution in [2.45, 2.75) is 33.1 Å². The highest BCUT2D eigenvalue weighted by atomic mass is 16.5. The fraction of sp³-hybridized carbons (Fsp3) is 0.161. The maximum Gasteiger partial charge on any atom is 0.204 e. The summed E-state index contributed by atoms with van der Waals surface area (Å²) in [5, 5.41) is 26.3. The van der Waals surface area contributed by atoms with Crippen LogP contribution in [-0.2, 0) is 13.2 Å². The molecule has 4 aromatic carbocycles. The summed E-state index contributed by atoms with van der Waals surface area (Å²) >= 11 is 0. The first kappa shape index (κ1) is 27.2. The number of ether oxygens (including phenoxy) is 2. The van der Waals surface area contributed by atoms with Crippen LogP contribution >= 0.6 is 0 Å². The smallest absolute Gasteiger partial charge is 0.204 e. The number of nitrogens with one attached hydrogen (secondary N) is 1. The zero-order chi connectivity index (χ0) is 28.3. The van der Waals surface area contributed by atoms with Gasteiger partial charge in [0.05, 0.1) is 6.04 Å². The van der Waals surface area contributed by atoms with Gasteiger partial charge in [-0.15, -0.1) is 20.4 Å². The quantitative estimate of drug-likeness (QED) is 0.237. The standard InChI is InChI=1S/C17H18N4O.C14H12N4O/c1-13(2)21-19-17(18-20-21)15-8-10-16(11-9-15)22-12-14-6-4-3-5-7-14;1-2-4-11(5-3-1)10-19-13-8-6-12(7-9-13)14-15-17-18-16-14/h3-11,13H,12H2,1-2H3;1-9H,10H2,(H,15,16,17,18). The third-order valence-corrected chi connectivity index (χ3v) is 5.96. The van der Waals surface area contributed by atoms with E-state index in [-0.39, 0.29) is 6.04 Å². The average Bonchev–Trinajstić information content (AvgIpc) is 3.75. The molecule has 0 aliphatic carbocycles. The average molecular weight is 547 g/mol. The summed E-state index contributed by atoms with van der Waals surface area (Å²) in [6.45, 7) is 5.16. The third-order valence-electron chi connectivity index (χ3n) is 5.96. The zero-order valence-corrected chi connectivity index (χ0v) is 22.8. The van der Waals surface area contributed by atoms with Crippen LogP contribution in [0.5, 0.6) is 11.5 Å². The van der Waals surface area contributed by atoms with E-state index in [9.17, 15) is 0 Å². The van der Waals surface area contributed by atoms with E-state index in [0.29, 0.717) is 24.9 Å². The van der Waals surface area contributed by atoms with Crippen LogP contribution in [0.2, 0.25) is 0 Å². The van der Waals surface area contributed by atoms with Gasteiger partial charge in [-0.25, -0.2) is 0 Å². The maximum atomic E-state index is 5.76. The van der Waals surface area contributed by atoms with Crippen molar-refractivity contribution in [2.75, 3.05) is 0 Å². The SMILES string of the molecule is CC(C)n1nnc(-c2ccc(OCc3ccccc3)cc2)n1.c1ccc(COc2ccc(-c3nn[nH]n3)cc2)cc1. The number of rotatable bonds is 9. The molecule has 0 fully saturated rings. The summed E-state index contributed by atoms with van der Waals surface area (Å²) in [6.07, 6.45) is 0. The molecule has 0 bridgehead atoms. The van der Waals surface area contributed by atoms with E-state index in [2.05, 4.69) is 36.0 Å². The first-order chi connectivity index (χ1) is 20.1. The molecule has 0 saturated carbocycles. The molecule has 206 valence electrons. The molecule has 0 saturated heterocycles. The van der Waals surface area contributed by atoms with Crippen molar-refractivity contribution in [3.8, 4) is 34.3 Å². The molecular weight excluding hydrogens is 516 g/mol. The highest BCUT2D eigenvalue weighted by Crippen LogP contribution is 2.21. The van der Waals surface area contributed by atoms with E-state index in [1.165, 1.54) is 0 Å². The van der Waals surface area contributed by atoms with Gasteiger partial charge in [0.15, 0.2) is 0 Å². The number of tetrazole rings is 2. The lowest BCUT2D eigenvalue weighted by Crippen LogP contribution is -2.04. The van der Waals surface area contributed by atoms with Gasteiger partial charge in [0.1, 0.15) is 24.7 Å². The van der Waals surface area contributed by atoms with Gasteiger partial charge in [0.25, 0.3) is 0 Å². The van der Waals surface area contributed by atoms with Crippen LogP contribution < -0.4 is 9.47 Å². The molecular formula is C31H30N8O2. The van der Waals surface area contributed by atoms with Crippen molar-refractivity contribution in [1.82, 2.24) is 40.8 Å². The van der Waals surface area contributed by atoms with Crippen LogP contribution in [0.3, 0.4) is 0 Å². The van der Waals surface area contributed by atoms with Gasteiger partial charge >= 0.3 is 0 Å². The fourth-order valence-electron chi connectivity index (χ4n) is 3.73. The first-order valence-corrected chi connectivity index (χ1v) is 13.2. The van der Waals surface area contributed by atoms with Gasteiger partial charge in [-0.05, 0) is 83.9 Å². The summed E-state index contributed by atoms with van der Waals surface area (Å²) in [5.74, 6) is 2.85. The van der Waals surface area contributed by atoms with Crippen molar-refractivity contribution in [2.24, 2.45) is 0 Å². The molecule has 2 aromatic heterocycles. The largest absolute Gasteiger partial charge is 0.489 e. The molecule has 6 rings (SSSR count). The molecule has 0 spiro atoms. The summed E-state index contributed by atoms with van der Waals surface area (Å²) in [5.41, 5.74) is 4.12. The Morgan fingerprint density at radius 2 is 1.15 bits per heavy atom. The minimum Gasteiger partial charge on any atom is -0.489 e. The van der Waals surface area contributed by atoms with Crippen molar-refractivity contribution < 1.29 is 9.47 Å². The predicted molar refractivity (Wildman–Crippen MR) is 155 cm³/mol. The van der Waals surface area contributed by atoms with Crippen LogP contribution in [0.25, 0.3) is 22.8 Å². The van der Waals surface area contributed by atoms with Crippen LogP contribution in [0.4, 0.5) is 0 Å². The lowest BCUT2D eigenvalue weighted by molar-refractivity contribution is 0.306. The number of aromatic nitrogens is 8. The normalized spacial score (nSPS) is 10.6. The molecule has 6 aromatic rings. The summed E-state index contributed by atoms with van der Waals surface area (Å²) in [6, 6.07) is 35.7. The Balaban J connectivity index is 0.000000166. The second kappa shape index (κ2) is 13.6. The van der Waals surface area contributed by atoms with E-state index in [0.717, 1.165) is 33.8 Å². The third kappa shape index (κ3) is 7.82. The molecule has 10 heteroatoms. The van der Waals surface area contributed by atoms with Crippen molar-refractivity contribution >= 4 is 0 Å². The van der Waals surface area contributed by atoms with Gasteiger partial charge in [0.2, 0.25) is 11.6 Å². The lowest BCUT2D eigenvalue weighted by atomic mass is 10.2. The number of hydrogen-bond donors (Lipinski definition) is 1. The maximum absolute atomic E-state index is 5.76. The van der Waals surface area contributed by atoms with Crippen molar-refractivity contribution in [3.05, 3.63) is 120 Å². The van der Waals surface area contributed by atoms with E-state index < -0.39 is 0 Å². The zero-order valence-electron chi connectivity index (χ0n) is 22.8. The Morgan fingerprint density at radius 1 is 0.634 bits per heavy atom. The Morgan fingerprint density at radius 3 is 1.59 bits per heavy atom. The monoisotopic (exact) mass is 546 g/mol. The second-order valence-electron chi connectivity index (χ2n) is 9.36. The minimum absolute atomic E-state index is 0.203. The highest BCUT2D eigenvalue weighted by molar-refractivity contribution is 5.55. The van der Waals surface area contributed by atoms with Crippen LogP contribution in [0.1, 0.15) is 31.0 Å². The van der Waals surface area contributed by atoms with Gasteiger partial charge in [-0.1, -0.05) is 60.7 Å². The number of hydrogen-bond acceptors (Lipinski definition) is 8. The number of benzene rings is 4.